The first kappa shape index (κ1) is 8.97. The molecule has 1 aromatic carbocycles. The van der Waals surface area contributed by atoms with Crippen molar-refractivity contribution in [2.45, 2.75) is 0 Å². The number of rotatable bonds is 1. The molecule has 0 aliphatic rings. The number of aromatic hydroxyl groups is 1. The third-order valence-corrected chi connectivity index (χ3v) is 2.57. The third kappa shape index (κ3) is 1.26. The SMILES string of the molecule is Oc1cc2ncccc2n1-c1ccccc1. The second-order valence-corrected chi connectivity index (χ2v) is 3.58. The average Bonchev–Trinajstić information content (AvgIpc) is 2.66. The second kappa shape index (κ2) is 3.38. The Morgan fingerprint density at radius 3 is 2.62 bits per heavy atom. The van der Waals surface area contributed by atoms with Gasteiger partial charge in [0.15, 0.2) is 5.88 Å². The Bertz CT molecular complexity index is 629. The van der Waals surface area contributed by atoms with Crippen LogP contribution in [0.15, 0.2) is 54.7 Å². The minimum Gasteiger partial charge on any atom is -0.494 e. The Morgan fingerprint density at radius 1 is 1.00 bits per heavy atom. The minimum atomic E-state index is 0.208. The van der Waals surface area contributed by atoms with E-state index in [1.807, 2.05) is 42.5 Å². The normalized spacial score (nSPS) is 10.8. The van der Waals surface area contributed by atoms with Gasteiger partial charge in [-0.2, -0.15) is 0 Å². The first-order valence-corrected chi connectivity index (χ1v) is 5.07. The quantitative estimate of drug-likeness (QED) is 0.670. The van der Waals surface area contributed by atoms with Crippen molar-refractivity contribution in [3.63, 3.8) is 0 Å². The van der Waals surface area contributed by atoms with E-state index in [9.17, 15) is 5.11 Å². The molecule has 3 heteroatoms. The van der Waals surface area contributed by atoms with Gasteiger partial charge in [-0.15, -0.1) is 0 Å². The summed E-state index contributed by atoms with van der Waals surface area (Å²) in [6, 6.07) is 15.2. The first-order chi connectivity index (χ1) is 7.86. The lowest BCUT2D eigenvalue weighted by molar-refractivity contribution is 0.445. The van der Waals surface area contributed by atoms with E-state index >= 15 is 0 Å². The van der Waals surface area contributed by atoms with Gasteiger partial charge in [-0.25, -0.2) is 0 Å². The molecule has 78 valence electrons. The van der Waals surface area contributed by atoms with Crippen LogP contribution >= 0.6 is 0 Å². The number of pyridine rings is 1. The van der Waals surface area contributed by atoms with Crippen molar-refractivity contribution in [1.82, 2.24) is 9.55 Å². The van der Waals surface area contributed by atoms with E-state index in [1.54, 1.807) is 16.8 Å². The highest BCUT2D eigenvalue weighted by molar-refractivity contribution is 5.80. The Balaban J connectivity index is 2.35. The number of fused-ring (bicyclic) bond motifs is 1. The van der Waals surface area contributed by atoms with Crippen molar-refractivity contribution in [3.8, 4) is 11.6 Å². The summed E-state index contributed by atoms with van der Waals surface area (Å²) in [5, 5.41) is 9.91. The van der Waals surface area contributed by atoms with Gasteiger partial charge in [-0.05, 0) is 24.3 Å². The zero-order valence-electron chi connectivity index (χ0n) is 8.54. The summed E-state index contributed by atoms with van der Waals surface area (Å²) >= 11 is 0. The topological polar surface area (TPSA) is 38.1 Å². The zero-order valence-corrected chi connectivity index (χ0v) is 8.54. The Hall–Kier alpha value is -2.29. The lowest BCUT2D eigenvalue weighted by Gasteiger charge is -2.05. The number of para-hydroxylation sites is 1. The number of hydrogen-bond acceptors (Lipinski definition) is 2. The van der Waals surface area contributed by atoms with Crippen LogP contribution in [0.4, 0.5) is 0 Å². The molecule has 3 rings (SSSR count). The Labute approximate surface area is 92.6 Å². The molecule has 0 saturated heterocycles. The maximum atomic E-state index is 9.91. The van der Waals surface area contributed by atoms with Crippen LogP contribution in [0.5, 0.6) is 5.88 Å². The van der Waals surface area contributed by atoms with Crippen LogP contribution in [0.3, 0.4) is 0 Å². The molecule has 3 aromatic rings. The van der Waals surface area contributed by atoms with Crippen LogP contribution in [-0.4, -0.2) is 14.7 Å². The maximum Gasteiger partial charge on any atom is 0.198 e. The molecule has 1 N–H and O–H groups in total. The van der Waals surface area contributed by atoms with Gasteiger partial charge in [0.25, 0.3) is 0 Å². The van der Waals surface area contributed by atoms with E-state index in [1.165, 1.54) is 0 Å². The molecule has 0 aliphatic carbocycles. The zero-order chi connectivity index (χ0) is 11.0. The van der Waals surface area contributed by atoms with E-state index in [0.717, 1.165) is 16.7 Å². The van der Waals surface area contributed by atoms with E-state index in [4.69, 9.17) is 0 Å². The molecule has 3 nitrogen and oxygen atoms in total. The van der Waals surface area contributed by atoms with Crippen molar-refractivity contribution in [1.29, 1.82) is 0 Å². The van der Waals surface area contributed by atoms with Gasteiger partial charge < -0.3 is 5.11 Å². The maximum absolute atomic E-state index is 9.91. The van der Waals surface area contributed by atoms with Crippen molar-refractivity contribution in [2.75, 3.05) is 0 Å². The third-order valence-electron chi connectivity index (χ3n) is 2.57. The predicted molar refractivity (Wildman–Crippen MR) is 62.7 cm³/mol. The van der Waals surface area contributed by atoms with Crippen molar-refractivity contribution >= 4 is 11.0 Å². The number of aromatic nitrogens is 2. The fraction of sp³-hybridized carbons (Fsp3) is 0. The van der Waals surface area contributed by atoms with Gasteiger partial charge >= 0.3 is 0 Å². The van der Waals surface area contributed by atoms with E-state index in [0.29, 0.717) is 0 Å². The molecule has 0 unspecified atom stereocenters. The molecule has 0 amide bonds. The molecule has 0 aliphatic heterocycles. The van der Waals surface area contributed by atoms with Crippen LogP contribution in [-0.2, 0) is 0 Å². The summed E-state index contributed by atoms with van der Waals surface area (Å²) < 4.78 is 1.78. The smallest absolute Gasteiger partial charge is 0.198 e. The molecule has 2 heterocycles. The summed E-state index contributed by atoms with van der Waals surface area (Å²) in [6.45, 7) is 0. The molecule has 2 aromatic heterocycles. The van der Waals surface area contributed by atoms with Crippen molar-refractivity contribution in [3.05, 3.63) is 54.7 Å². The molecule has 0 saturated carbocycles. The molecular weight excluding hydrogens is 200 g/mol. The van der Waals surface area contributed by atoms with Gasteiger partial charge in [0, 0.05) is 18.0 Å². The average molecular weight is 210 g/mol. The standard InChI is InChI=1S/C13H10N2O/c16-13-9-11-12(7-4-8-14-11)15(13)10-5-2-1-3-6-10/h1-9,16H. The molecule has 0 radical (unpaired) electrons. The largest absolute Gasteiger partial charge is 0.494 e. The lowest BCUT2D eigenvalue weighted by Crippen LogP contribution is -1.92. The van der Waals surface area contributed by atoms with E-state index in [-0.39, 0.29) is 5.88 Å². The van der Waals surface area contributed by atoms with Crippen molar-refractivity contribution in [2.24, 2.45) is 0 Å². The summed E-state index contributed by atoms with van der Waals surface area (Å²) in [5.41, 5.74) is 2.64. The van der Waals surface area contributed by atoms with Crippen LogP contribution in [0.2, 0.25) is 0 Å². The van der Waals surface area contributed by atoms with Crippen molar-refractivity contribution < 1.29 is 5.11 Å². The van der Waals surface area contributed by atoms with Gasteiger partial charge in [-0.1, -0.05) is 18.2 Å². The highest BCUT2D eigenvalue weighted by Crippen LogP contribution is 2.26. The molecule has 0 spiro atoms. The molecule has 16 heavy (non-hydrogen) atoms. The van der Waals surface area contributed by atoms with E-state index < -0.39 is 0 Å². The number of benzene rings is 1. The summed E-state index contributed by atoms with van der Waals surface area (Å²) in [4.78, 5) is 4.21. The highest BCUT2D eigenvalue weighted by Gasteiger charge is 2.08. The van der Waals surface area contributed by atoms with Gasteiger partial charge in [-0.3, -0.25) is 9.55 Å². The fourth-order valence-corrected chi connectivity index (χ4v) is 1.87. The van der Waals surface area contributed by atoms with Gasteiger partial charge in [0.05, 0.1) is 11.0 Å². The van der Waals surface area contributed by atoms with Crippen LogP contribution in [0.1, 0.15) is 0 Å². The number of hydrogen-bond donors (Lipinski definition) is 1. The van der Waals surface area contributed by atoms with Crippen LogP contribution in [0, 0.1) is 0 Å². The Morgan fingerprint density at radius 2 is 1.81 bits per heavy atom. The molecule has 0 fully saturated rings. The van der Waals surface area contributed by atoms with E-state index in [2.05, 4.69) is 4.98 Å². The monoisotopic (exact) mass is 210 g/mol. The second-order valence-electron chi connectivity index (χ2n) is 3.58. The first-order valence-electron chi connectivity index (χ1n) is 5.07. The molecule has 0 atom stereocenters. The predicted octanol–water partition coefficient (Wildman–Crippen LogP) is 2.73. The summed E-state index contributed by atoms with van der Waals surface area (Å²) in [7, 11) is 0. The Kier molecular flexibility index (Phi) is 1.90. The summed E-state index contributed by atoms with van der Waals surface area (Å²) in [5.74, 6) is 0.208. The molecular formula is C13H10N2O. The minimum absolute atomic E-state index is 0.208. The van der Waals surface area contributed by atoms with Gasteiger partial charge in [0.1, 0.15) is 0 Å². The molecule has 0 bridgehead atoms. The summed E-state index contributed by atoms with van der Waals surface area (Å²) in [6.07, 6.45) is 1.72. The number of nitrogens with zero attached hydrogens (tertiary/aromatic N) is 2. The van der Waals surface area contributed by atoms with Gasteiger partial charge in [0.2, 0.25) is 0 Å². The van der Waals surface area contributed by atoms with Crippen LogP contribution in [0.25, 0.3) is 16.7 Å². The highest BCUT2D eigenvalue weighted by atomic mass is 16.3. The lowest BCUT2D eigenvalue weighted by atomic mass is 10.3. The van der Waals surface area contributed by atoms with Crippen LogP contribution < -0.4 is 0 Å². The fourth-order valence-electron chi connectivity index (χ4n) is 1.87.